The van der Waals surface area contributed by atoms with E-state index in [4.69, 9.17) is 0 Å². The van der Waals surface area contributed by atoms with Gasteiger partial charge in [-0.1, -0.05) is 36.4 Å². The molecular weight excluding hydrogens is 418 g/mol. The minimum Gasteiger partial charge on any atom is -0.340 e. The molecule has 5 nitrogen and oxygen atoms in total. The minimum atomic E-state index is 0.0870. The van der Waals surface area contributed by atoms with E-state index in [1.165, 1.54) is 5.56 Å². The monoisotopic (exact) mass is 451 g/mol. The van der Waals surface area contributed by atoms with Gasteiger partial charge in [0.05, 0.1) is 0 Å². The SMILES string of the molecule is O=C(/C=C/c1cccs1)N1CCC[C@H](CCC(=O)N2CCN(Cc3ccccc3)CC2)C1. The van der Waals surface area contributed by atoms with Crippen molar-refractivity contribution in [3.63, 3.8) is 0 Å². The van der Waals surface area contributed by atoms with E-state index in [9.17, 15) is 9.59 Å². The Labute approximate surface area is 195 Å². The molecule has 0 radical (unpaired) electrons. The molecule has 2 fully saturated rings. The van der Waals surface area contributed by atoms with Gasteiger partial charge in [-0.2, -0.15) is 0 Å². The third-order valence-corrected chi connectivity index (χ3v) is 7.34. The summed E-state index contributed by atoms with van der Waals surface area (Å²) in [5.74, 6) is 0.778. The van der Waals surface area contributed by atoms with E-state index in [2.05, 4.69) is 29.2 Å². The smallest absolute Gasteiger partial charge is 0.246 e. The number of thiophene rings is 1. The van der Waals surface area contributed by atoms with Crippen LogP contribution in [0.1, 0.15) is 36.1 Å². The van der Waals surface area contributed by atoms with Gasteiger partial charge in [0.15, 0.2) is 0 Å². The van der Waals surface area contributed by atoms with Crippen LogP contribution in [0.5, 0.6) is 0 Å². The summed E-state index contributed by atoms with van der Waals surface area (Å²) in [7, 11) is 0. The van der Waals surface area contributed by atoms with E-state index in [1.807, 2.05) is 39.5 Å². The maximum atomic E-state index is 12.8. The highest BCUT2D eigenvalue weighted by Gasteiger charge is 2.25. The lowest BCUT2D eigenvalue weighted by Gasteiger charge is -2.36. The predicted molar refractivity (Wildman–Crippen MR) is 130 cm³/mol. The molecule has 0 N–H and O–H groups in total. The fourth-order valence-corrected chi connectivity index (χ4v) is 5.25. The molecule has 0 spiro atoms. The fraction of sp³-hybridized carbons (Fsp3) is 0.462. The third kappa shape index (κ3) is 6.53. The van der Waals surface area contributed by atoms with Crippen molar-refractivity contribution in [3.05, 3.63) is 64.4 Å². The lowest BCUT2D eigenvalue weighted by atomic mass is 9.93. The molecule has 1 aromatic carbocycles. The number of benzene rings is 1. The maximum Gasteiger partial charge on any atom is 0.246 e. The van der Waals surface area contributed by atoms with Crippen molar-refractivity contribution in [1.82, 2.24) is 14.7 Å². The highest BCUT2D eigenvalue weighted by Crippen LogP contribution is 2.22. The molecule has 0 unspecified atom stereocenters. The quantitative estimate of drug-likeness (QED) is 0.595. The average molecular weight is 452 g/mol. The summed E-state index contributed by atoms with van der Waals surface area (Å²) in [5.41, 5.74) is 1.33. The van der Waals surface area contributed by atoms with Gasteiger partial charge < -0.3 is 9.80 Å². The fourth-order valence-electron chi connectivity index (χ4n) is 4.63. The lowest BCUT2D eigenvalue weighted by Crippen LogP contribution is -2.48. The Balaban J connectivity index is 1.17. The van der Waals surface area contributed by atoms with E-state index < -0.39 is 0 Å². The van der Waals surface area contributed by atoms with Crippen molar-refractivity contribution in [3.8, 4) is 0 Å². The molecule has 2 aromatic rings. The molecule has 4 rings (SSSR count). The molecule has 170 valence electrons. The number of hydrogen-bond acceptors (Lipinski definition) is 4. The third-order valence-electron chi connectivity index (χ3n) is 6.50. The summed E-state index contributed by atoms with van der Waals surface area (Å²) >= 11 is 1.63. The van der Waals surface area contributed by atoms with Crippen LogP contribution in [0, 0.1) is 5.92 Å². The van der Waals surface area contributed by atoms with Crippen molar-refractivity contribution in [1.29, 1.82) is 0 Å². The van der Waals surface area contributed by atoms with Gasteiger partial charge in [-0.05, 0) is 48.3 Å². The summed E-state index contributed by atoms with van der Waals surface area (Å²) in [5, 5.41) is 2.02. The summed E-state index contributed by atoms with van der Waals surface area (Å²) in [6, 6.07) is 14.5. The van der Waals surface area contributed by atoms with Crippen molar-refractivity contribution < 1.29 is 9.59 Å². The molecular formula is C26H33N3O2S. The van der Waals surface area contributed by atoms with Gasteiger partial charge in [-0.15, -0.1) is 11.3 Å². The van der Waals surface area contributed by atoms with E-state index in [0.717, 1.165) is 70.0 Å². The zero-order valence-electron chi connectivity index (χ0n) is 18.7. The Hall–Kier alpha value is -2.44. The zero-order valence-corrected chi connectivity index (χ0v) is 19.5. The second kappa shape index (κ2) is 11.4. The molecule has 6 heteroatoms. The van der Waals surface area contributed by atoms with Gasteiger partial charge in [0.2, 0.25) is 11.8 Å². The summed E-state index contributed by atoms with van der Waals surface area (Å²) in [6.45, 7) is 6.04. The number of amides is 2. The van der Waals surface area contributed by atoms with E-state index in [0.29, 0.717) is 12.3 Å². The van der Waals surface area contributed by atoms with Crippen molar-refractivity contribution >= 4 is 29.2 Å². The summed E-state index contributed by atoms with van der Waals surface area (Å²) in [4.78, 5) is 32.8. The predicted octanol–water partition coefficient (Wildman–Crippen LogP) is 4.12. The van der Waals surface area contributed by atoms with Crippen LogP contribution >= 0.6 is 11.3 Å². The Kier molecular flexibility index (Phi) is 8.13. The number of carbonyl (C=O) groups is 2. The van der Waals surface area contributed by atoms with Gasteiger partial charge in [-0.25, -0.2) is 0 Å². The molecule has 1 atom stereocenters. The molecule has 1 aromatic heterocycles. The second-order valence-electron chi connectivity index (χ2n) is 8.82. The van der Waals surface area contributed by atoms with Crippen LogP contribution < -0.4 is 0 Å². The topological polar surface area (TPSA) is 43.9 Å². The first-order valence-electron chi connectivity index (χ1n) is 11.7. The Bertz CT molecular complexity index is 889. The van der Waals surface area contributed by atoms with E-state index in [-0.39, 0.29) is 11.8 Å². The standard InChI is InChI=1S/C26H33N3O2S/c30-25(28-17-15-27(16-18-28)20-22-6-2-1-3-7-22)12-10-23-8-4-14-29(21-23)26(31)13-11-24-9-5-19-32-24/h1-3,5-7,9,11,13,19,23H,4,8,10,12,14-18,20-21H2/b13-11+/t23-/m1/s1. The van der Waals surface area contributed by atoms with Crippen LogP contribution in [0.15, 0.2) is 53.9 Å². The number of nitrogens with zero attached hydrogens (tertiary/aromatic N) is 3. The summed E-state index contributed by atoms with van der Waals surface area (Å²) < 4.78 is 0. The Morgan fingerprint density at radius 2 is 1.78 bits per heavy atom. The number of rotatable bonds is 7. The average Bonchev–Trinajstić information content (AvgIpc) is 3.36. The molecule has 2 saturated heterocycles. The van der Waals surface area contributed by atoms with Gasteiger partial charge >= 0.3 is 0 Å². The molecule has 32 heavy (non-hydrogen) atoms. The molecule has 0 bridgehead atoms. The van der Waals surface area contributed by atoms with Crippen LogP contribution in [0.3, 0.4) is 0 Å². The first-order valence-corrected chi connectivity index (χ1v) is 12.6. The van der Waals surface area contributed by atoms with Crippen LogP contribution in [0.4, 0.5) is 0 Å². The van der Waals surface area contributed by atoms with Crippen LogP contribution in [-0.2, 0) is 16.1 Å². The Morgan fingerprint density at radius 3 is 2.53 bits per heavy atom. The number of piperidine rings is 1. The highest BCUT2D eigenvalue weighted by molar-refractivity contribution is 7.10. The number of hydrogen-bond donors (Lipinski definition) is 0. The van der Waals surface area contributed by atoms with Gasteiger partial charge in [0.25, 0.3) is 0 Å². The molecule has 0 aliphatic carbocycles. The lowest BCUT2D eigenvalue weighted by molar-refractivity contribution is -0.133. The molecule has 2 aliphatic heterocycles. The van der Waals surface area contributed by atoms with Crippen LogP contribution in [0.25, 0.3) is 6.08 Å². The van der Waals surface area contributed by atoms with Crippen molar-refractivity contribution in [2.24, 2.45) is 5.92 Å². The Morgan fingerprint density at radius 1 is 0.969 bits per heavy atom. The van der Waals surface area contributed by atoms with Crippen molar-refractivity contribution in [2.45, 2.75) is 32.2 Å². The van der Waals surface area contributed by atoms with E-state index >= 15 is 0 Å². The normalized spacial score (nSPS) is 20.1. The molecule has 2 aliphatic rings. The number of piperazine rings is 1. The first-order chi connectivity index (χ1) is 15.7. The van der Waals surface area contributed by atoms with Gasteiger partial charge in [0, 0.05) is 63.2 Å². The van der Waals surface area contributed by atoms with Gasteiger partial charge in [0.1, 0.15) is 0 Å². The van der Waals surface area contributed by atoms with Crippen molar-refractivity contribution in [2.75, 3.05) is 39.3 Å². The molecule has 3 heterocycles. The minimum absolute atomic E-state index is 0.0870. The van der Waals surface area contributed by atoms with Crippen LogP contribution in [-0.4, -0.2) is 65.8 Å². The number of likely N-dealkylation sites (tertiary alicyclic amines) is 1. The van der Waals surface area contributed by atoms with Crippen LogP contribution in [0.2, 0.25) is 0 Å². The second-order valence-corrected chi connectivity index (χ2v) is 9.80. The highest BCUT2D eigenvalue weighted by atomic mass is 32.1. The van der Waals surface area contributed by atoms with Gasteiger partial charge in [-0.3, -0.25) is 14.5 Å². The summed E-state index contributed by atoms with van der Waals surface area (Å²) in [6.07, 6.45) is 7.19. The molecule has 2 amide bonds. The largest absolute Gasteiger partial charge is 0.340 e. The first kappa shape index (κ1) is 22.7. The zero-order chi connectivity index (χ0) is 22.2. The number of carbonyl (C=O) groups excluding carboxylic acids is 2. The maximum absolute atomic E-state index is 12.8. The molecule has 0 saturated carbocycles. The van der Waals surface area contributed by atoms with E-state index in [1.54, 1.807) is 17.4 Å².